The summed E-state index contributed by atoms with van der Waals surface area (Å²) in [5, 5.41) is 0. The Morgan fingerprint density at radius 1 is 0.862 bits per heavy atom. The maximum absolute atomic E-state index is 12.4. The Kier molecular flexibility index (Phi) is 5.07. The molecule has 0 atom stereocenters. The van der Waals surface area contributed by atoms with Gasteiger partial charge in [0, 0.05) is 11.1 Å². The first-order valence-electron chi connectivity index (χ1n) is 9.05. The highest BCUT2D eigenvalue weighted by Crippen LogP contribution is 2.31. The summed E-state index contributed by atoms with van der Waals surface area (Å²) in [6.07, 6.45) is 0. The van der Waals surface area contributed by atoms with Gasteiger partial charge < -0.3 is 14.4 Å². The number of fused-ring (bicyclic) bond motifs is 1. The normalized spacial score (nSPS) is 12.7. The van der Waals surface area contributed by atoms with Gasteiger partial charge in [0.2, 0.25) is 0 Å². The molecule has 0 N–H and O–H groups in total. The lowest BCUT2D eigenvalue weighted by molar-refractivity contribution is -0.134. The average molecular weight is 387 g/mol. The first-order chi connectivity index (χ1) is 14.1. The van der Waals surface area contributed by atoms with Gasteiger partial charge in [0.1, 0.15) is 18.8 Å². The third-order valence-corrected chi connectivity index (χ3v) is 4.45. The van der Waals surface area contributed by atoms with Crippen molar-refractivity contribution in [2.75, 3.05) is 18.0 Å². The molecule has 6 heteroatoms. The minimum Gasteiger partial charge on any atom is -0.425 e. The lowest BCUT2D eigenvalue weighted by Gasteiger charge is -2.28. The summed E-state index contributed by atoms with van der Waals surface area (Å²) < 4.78 is 10.5. The SMILES string of the molecule is O=C(CN1CC(=O)Oc2ccccc21)Oc1ccc(C(=O)c2ccccc2)cc1. The van der Waals surface area contributed by atoms with Gasteiger partial charge in [-0.2, -0.15) is 0 Å². The summed E-state index contributed by atoms with van der Waals surface area (Å²) >= 11 is 0. The van der Waals surface area contributed by atoms with E-state index in [1.54, 1.807) is 77.7 Å². The molecule has 1 aliphatic rings. The van der Waals surface area contributed by atoms with Crippen LogP contribution in [0.3, 0.4) is 0 Å². The van der Waals surface area contributed by atoms with E-state index in [1.165, 1.54) is 0 Å². The molecule has 29 heavy (non-hydrogen) atoms. The molecule has 0 fully saturated rings. The fourth-order valence-electron chi connectivity index (χ4n) is 3.09. The number of nitrogens with zero attached hydrogens (tertiary/aromatic N) is 1. The second kappa shape index (κ2) is 7.98. The molecule has 3 aromatic rings. The number of ketones is 1. The van der Waals surface area contributed by atoms with Gasteiger partial charge in [-0.3, -0.25) is 4.79 Å². The predicted octanol–water partition coefficient (Wildman–Crippen LogP) is 3.25. The van der Waals surface area contributed by atoms with Gasteiger partial charge in [-0.15, -0.1) is 0 Å². The molecule has 0 saturated carbocycles. The van der Waals surface area contributed by atoms with Gasteiger partial charge >= 0.3 is 11.9 Å². The summed E-state index contributed by atoms with van der Waals surface area (Å²) in [5.41, 5.74) is 1.75. The Hall–Kier alpha value is -3.93. The maximum atomic E-state index is 12.4. The van der Waals surface area contributed by atoms with Crippen LogP contribution in [0.15, 0.2) is 78.9 Å². The van der Waals surface area contributed by atoms with Crippen molar-refractivity contribution in [3.8, 4) is 11.5 Å². The molecular weight excluding hydrogens is 370 g/mol. The molecule has 0 amide bonds. The third kappa shape index (κ3) is 4.16. The number of rotatable bonds is 5. The van der Waals surface area contributed by atoms with Crippen LogP contribution in [0.2, 0.25) is 0 Å². The second-order valence-electron chi connectivity index (χ2n) is 6.49. The van der Waals surface area contributed by atoms with E-state index in [2.05, 4.69) is 0 Å². The Balaban J connectivity index is 1.42. The van der Waals surface area contributed by atoms with E-state index in [1.807, 2.05) is 6.07 Å². The minimum absolute atomic E-state index is 0.0311. The maximum Gasteiger partial charge on any atom is 0.331 e. The summed E-state index contributed by atoms with van der Waals surface area (Å²) in [4.78, 5) is 38.1. The number of carbonyl (C=O) groups excluding carboxylic acids is 3. The largest absolute Gasteiger partial charge is 0.425 e. The van der Waals surface area contributed by atoms with Crippen molar-refractivity contribution in [2.45, 2.75) is 0 Å². The van der Waals surface area contributed by atoms with Gasteiger partial charge in [-0.1, -0.05) is 42.5 Å². The number of benzene rings is 3. The lowest BCUT2D eigenvalue weighted by atomic mass is 10.0. The number of anilines is 1. The van der Waals surface area contributed by atoms with Crippen LogP contribution in [0.5, 0.6) is 11.5 Å². The van der Waals surface area contributed by atoms with Gasteiger partial charge in [-0.05, 0) is 36.4 Å². The Morgan fingerprint density at radius 2 is 1.52 bits per heavy atom. The standard InChI is InChI=1S/C23H17NO5/c25-21(14-24-15-22(26)29-20-9-5-4-8-19(20)24)28-18-12-10-17(11-13-18)23(27)16-6-2-1-3-7-16/h1-13H,14-15H2. The van der Waals surface area contributed by atoms with E-state index in [9.17, 15) is 14.4 Å². The molecule has 0 unspecified atom stereocenters. The highest BCUT2D eigenvalue weighted by molar-refractivity contribution is 6.09. The minimum atomic E-state index is -0.517. The van der Waals surface area contributed by atoms with Crippen molar-refractivity contribution in [1.82, 2.24) is 0 Å². The monoisotopic (exact) mass is 387 g/mol. The number of para-hydroxylation sites is 2. The van der Waals surface area contributed by atoms with Crippen LogP contribution in [0, 0.1) is 0 Å². The molecule has 0 saturated heterocycles. The van der Waals surface area contributed by atoms with Crippen molar-refractivity contribution in [3.05, 3.63) is 90.0 Å². The number of hydrogen-bond donors (Lipinski definition) is 0. The average Bonchev–Trinajstić information content (AvgIpc) is 2.74. The van der Waals surface area contributed by atoms with Crippen LogP contribution in [-0.2, 0) is 9.59 Å². The number of ether oxygens (including phenoxy) is 2. The Labute approximate surface area is 167 Å². The molecule has 3 aromatic carbocycles. The molecule has 144 valence electrons. The fourth-order valence-corrected chi connectivity index (χ4v) is 3.09. The number of carbonyl (C=O) groups is 3. The first-order valence-corrected chi connectivity index (χ1v) is 9.05. The van der Waals surface area contributed by atoms with Crippen LogP contribution in [0.4, 0.5) is 5.69 Å². The highest BCUT2D eigenvalue weighted by atomic mass is 16.5. The van der Waals surface area contributed by atoms with E-state index >= 15 is 0 Å². The summed E-state index contributed by atoms with van der Waals surface area (Å²) in [5.74, 6) is -0.309. The molecule has 0 aliphatic carbocycles. The smallest absolute Gasteiger partial charge is 0.331 e. The quantitative estimate of drug-likeness (QED) is 0.380. The van der Waals surface area contributed by atoms with Crippen molar-refractivity contribution in [1.29, 1.82) is 0 Å². The summed E-state index contributed by atoms with van der Waals surface area (Å²) in [6, 6.07) is 22.3. The molecular formula is C23H17NO5. The van der Waals surface area contributed by atoms with Gasteiger partial charge in [0.25, 0.3) is 0 Å². The summed E-state index contributed by atoms with van der Waals surface area (Å²) in [6.45, 7) is -0.132. The van der Waals surface area contributed by atoms with E-state index in [0.29, 0.717) is 28.3 Å². The fraction of sp³-hybridized carbons (Fsp3) is 0.0870. The molecule has 0 bridgehead atoms. The van der Waals surface area contributed by atoms with Crippen LogP contribution in [-0.4, -0.2) is 30.8 Å². The zero-order chi connectivity index (χ0) is 20.2. The van der Waals surface area contributed by atoms with Crippen molar-refractivity contribution in [3.63, 3.8) is 0 Å². The van der Waals surface area contributed by atoms with Crippen LogP contribution >= 0.6 is 0 Å². The third-order valence-electron chi connectivity index (χ3n) is 4.45. The number of esters is 2. The highest BCUT2D eigenvalue weighted by Gasteiger charge is 2.25. The lowest BCUT2D eigenvalue weighted by Crippen LogP contribution is -2.41. The second-order valence-corrected chi connectivity index (χ2v) is 6.49. The Morgan fingerprint density at radius 3 is 2.28 bits per heavy atom. The number of hydrogen-bond acceptors (Lipinski definition) is 6. The molecule has 6 nitrogen and oxygen atoms in total. The zero-order valence-corrected chi connectivity index (χ0v) is 15.4. The van der Waals surface area contributed by atoms with Gasteiger partial charge in [0.05, 0.1) is 5.69 Å². The first kappa shape index (κ1) is 18.4. The topological polar surface area (TPSA) is 72.9 Å². The van der Waals surface area contributed by atoms with Crippen molar-refractivity contribution < 1.29 is 23.9 Å². The molecule has 4 rings (SSSR count). The van der Waals surface area contributed by atoms with Crippen molar-refractivity contribution in [2.24, 2.45) is 0 Å². The Bertz CT molecular complexity index is 1060. The molecule has 0 aromatic heterocycles. The van der Waals surface area contributed by atoms with E-state index < -0.39 is 11.9 Å². The van der Waals surface area contributed by atoms with E-state index in [0.717, 1.165) is 0 Å². The van der Waals surface area contributed by atoms with E-state index in [-0.39, 0.29) is 18.9 Å². The molecule has 0 radical (unpaired) electrons. The molecule has 1 aliphatic heterocycles. The summed E-state index contributed by atoms with van der Waals surface area (Å²) in [7, 11) is 0. The van der Waals surface area contributed by atoms with Gasteiger partial charge in [-0.25, -0.2) is 9.59 Å². The predicted molar refractivity (Wildman–Crippen MR) is 106 cm³/mol. The zero-order valence-electron chi connectivity index (χ0n) is 15.4. The molecule has 1 heterocycles. The molecule has 0 spiro atoms. The van der Waals surface area contributed by atoms with Gasteiger partial charge in [0.15, 0.2) is 11.5 Å². The van der Waals surface area contributed by atoms with Crippen molar-refractivity contribution >= 4 is 23.4 Å². The van der Waals surface area contributed by atoms with Crippen LogP contribution in [0.1, 0.15) is 15.9 Å². The van der Waals surface area contributed by atoms with Crippen LogP contribution < -0.4 is 14.4 Å². The van der Waals surface area contributed by atoms with E-state index in [4.69, 9.17) is 9.47 Å². The van der Waals surface area contributed by atoms with Crippen LogP contribution in [0.25, 0.3) is 0 Å².